The number of carboxylic acids is 1. The summed E-state index contributed by atoms with van der Waals surface area (Å²) in [5.74, 6) is -0.600. The van der Waals surface area contributed by atoms with E-state index >= 15 is 0 Å². The lowest BCUT2D eigenvalue weighted by Crippen LogP contribution is -2.16. The molecule has 3 rings (SSSR count). The van der Waals surface area contributed by atoms with Gasteiger partial charge < -0.3 is 14.8 Å². The minimum Gasteiger partial charge on any atom is -0.481 e. The number of carboxylic acid groups (broad SMARTS) is 1. The number of fused-ring (bicyclic) bond motifs is 1. The third-order valence-corrected chi connectivity index (χ3v) is 4.49. The van der Waals surface area contributed by atoms with Crippen LogP contribution in [0.5, 0.6) is 5.75 Å². The van der Waals surface area contributed by atoms with Crippen LogP contribution in [0.3, 0.4) is 0 Å². The van der Waals surface area contributed by atoms with Crippen LogP contribution in [0.15, 0.2) is 41.2 Å². The van der Waals surface area contributed by atoms with Gasteiger partial charge in [-0.1, -0.05) is 23.7 Å². The molecule has 0 radical (unpaired) electrons. The molecule has 134 valence electrons. The van der Waals surface area contributed by atoms with Crippen molar-refractivity contribution in [3.05, 3.63) is 74.0 Å². The Balaban J connectivity index is 2.13. The van der Waals surface area contributed by atoms with Gasteiger partial charge in [-0.05, 0) is 54.8 Å². The van der Waals surface area contributed by atoms with Gasteiger partial charge in [-0.15, -0.1) is 0 Å². The van der Waals surface area contributed by atoms with Crippen LogP contribution >= 0.6 is 11.6 Å². The van der Waals surface area contributed by atoms with Crippen molar-refractivity contribution in [3.8, 4) is 5.75 Å². The maximum atomic E-state index is 12.6. The highest BCUT2D eigenvalue weighted by molar-refractivity contribution is 6.30. The lowest BCUT2D eigenvalue weighted by molar-refractivity contribution is -0.139. The van der Waals surface area contributed by atoms with E-state index in [0.717, 1.165) is 22.1 Å². The van der Waals surface area contributed by atoms with Crippen molar-refractivity contribution in [2.45, 2.75) is 20.3 Å². The van der Waals surface area contributed by atoms with E-state index in [1.54, 1.807) is 18.2 Å². The lowest BCUT2D eigenvalue weighted by Gasteiger charge is -2.14. The molecule has 2 N–H and O–H groups in total. The van der Waals surface area contributed by atoms with Crippen molar-refractivity contribution >= 4 is 28.5 Å². The summed E-state index contributed by atoms with van der Waals surface area (Å²) in [6.07, 6.45) is 0.445. The summed E-state index contributed by atoms with van der Waals surface area (Å²) < 4.78 is 5.46. The second kappa shape index (κ2) is 7.22. The number of hydrogen-bond donors (Lipinski definition) is 2. The first kappa shape index (κ1) is 18.0. The average Bonchev–Trinajstić information content (AvgIpc) is 2.57. The quantitative estimate of drug-likeness (QED) is 0.713. The van der Waals surface area contributed by atoms with E-state index in [-0.39, 0.29) is 5.56 Å². The van der Waals surface area contributed by atoms with Gasteiger partial charge in [0.15, 0.2) is 6.61 Å². The molecule has 0 saturated carbocycles. The van der Waals surface area contributed by atoms with Crippen LogP contribution in [0, 0.1) is 13.8 Å². The Hall–Kier alpha value is -2.79. The zero-order valence-electron chi connectivity index (χ0n) is 14.4. The van der Waals surface area contributed by atoms with Crippen LogP contribution in [0.4, 0.5) is 0 Å². The molecule has 0 amide bonds. The molecule has 0 atom stereocenters. The van der Waals surface area contributed by atoms with Gasteiger partial charge in [0, 0.05) is 22.4 Å². The Morgan fingerprint density at radius 1 is 1.19 bits per heavy atom. The maximum absolute atomic E-state index is 12.6. The Bertz CT molecular complexity index is 1040. The standard InChI is InChI=1S/C20H18ClNO4/c1-11-7-16-19(17(8-11)26-10-18(23)24)12(2)15(20(25)22-16)9-13-3-5-14(21)6-4-13/h3-8H,9-10H2,1-2H3,(H,22,25)(H,23,24). The van der Waals surface area contributed by atoms with Crippen LogP contribution in [0.1, 0.15) is 22.3 Å². The molecule has 1 aromatic heterocycles. The second-order valence-corrected chi connectivity index (χ2v) is 6.67. The van der Waals surface area contributed by atoms with Gasteiger partial charge in [0.25, 0.3) is 5.56 Å². The summed E-state index contributed by atoms with van der Waals surface area (Å²) in [5.41, 5.74) is 3.69. The molecule has 0 bridgehead atoms. The molecule has 3 aromatic rings. The molecule has 0 unspecified atom stereocenters. The number of aliphatic carboxylic acids is 1. The molecule has 0 aliphatic heterocycles. The van der Waals surface area contributed by atoms with Gasteiger partial charge in [0.1, 0.15) is 5.75 Å². The predicted molar refractivity (Wildman–Crippen MR) is 101 cm³/mol. The number of nitrogens with one attached hydrogen (secondary N) is 1. The minimum atomic E-state index is -1.05. The second-order valence-electron chi connectivity index (χ2n) is 6.23. The molecular weight excluding hydrogens is 354 g/mol. The van der Waals surface area contributed by atoms with Crippen LogP contribution in [0.25, 0.3) is 10.9 Å². The predicted octanol–water partition coefficient (Wildman–Crippen LogP) is 3.85. The Morgan fingerprint density at radius 2 is 1.88 bits per heavy atom. The van der Waals surface area contributed by atoms with E-state index in [9.17, 15) is 9.59 Å². The summed E-state index contributed by atoms with van der Waals surface area (Å²) in [5, 5.41) is 10.3. The Kier molecular flexibility index (Phi) is 5.00. The number of aromatic nitrogens is 1. The van der Waals surface area contributed by atoms with Crippen molar-refractivity contribution in [2.24, 2.45) is 0 Å². The Labute approximate surface area is 155 Å². The third kappa shape index (κ3) is 3.73. The number of ether oxygens (including phenoxy) is 1. The number of aromatic amines is 1. The fourth-order valence-electron chi connectivity index (χ4n) is 3.03. The lowest BCUT2D eigenvalue weighted by atomic mass is 9.97. The molecule has 26 heavy (non-hydrogen) atoms. The largest absolute Gasteiger partial charge is 0.481 e. The third-order valence-electron chi connectivity index (χ3n) is 4.24. The van der Waals surface area contributed by atoms with E-state index in [0.29, 0.717) is 28.3 Å². The summed E-state index contributed by atoms with van der Waals surface area (Å²) in [7, 11) is 0. The highest BCUT2D eigenvalue weighted by atomic mass is 35.5. The number of halogens is 1. The van der Waals surface area contributed by atoms with E-state index in [4.69, 9.17) is 21.4 Å². The highest BCUT2D eigenvalue weighted by Gasteiger charge is 2.15. The van der Waals surface area contributed by atoms with Crippen LogP contribution in [-0.2, 0) is 11.2 Å². The number of aryl methyl sites for hydroxylation is 2. The van der Waals surface area contributed by atoms with Gasteiger partial charge >= 0.3 is 5.97 Å². The average molecular weight is 372 g/mol. The van der Waals surface area contributed by atoms with E-state index in [2.05, 4.69) is 4.98 Å². The monoisotopic (exact) mass is 371 g/mol. The fourth-order valence-corrected chi connectivity index (χ4v) is 3.16. The van der Waals surface area contributed by atoms with Gasteiger partial charge in [0.2, 0.25) is 0 Å². The smallest absolute Gasteiger partial charge is 0.341 e. The zero-order chi connectivity index (χ0) is 18.8. The van der Waals surface area contributed by atoms with E-state index in [1.165, 1.54) is 0 Å². The first-order valence-electron chi connectivity index (χ1n) is 8.10. The molecule has 0 spiro atoms. The number of benzene rings is 2. The van der Waals surface area contributed by atoms with Gasteiger partial charge in [-0.3, -0.25) is 4.79 Å². The van der Waals surface area contributed by atoms with E-state index < -0.39 is 12.6 Å². The highest BCUT2D eigenvalue weighted by Crippen LogP contribution is 2.30. The van der Waals surface area contributed by atoms with Crippen LogP contribution in [0.2, 0.25) is 5.02 Å². The molecule has 5 nitrogen and oxygen atoms in total. The molecule has 0 aliphatic rings. The minimum absolute atomic E-state index is 0.167. The van der Waals surface area contributed by atoms with Gasteiger partial charge in [0.05, 0.1) is 5.52 Å². The van der Waals surface area contributed by atoms with Crippen molar-refractivity contribution < 1.29 is 14.6 Å². The summed E-state index contributed by atoms with van der Waals surface area (Å²) >= 11 is 5.92. The van der Waals surface area contributed by atoms with Crippen LogP contribution < -0.4 is 10.3 Å². The Morgan fingerprint density at radius 3 is 2.54 bits per heavy atom. The van der Waals surface area contributed by atoms with Gasteiger partial charge in [-0.25, -0.2) is 4.79 Å². The van der Waals surface area contributed by atoms with E-state index in [1.807, 2.05) is 32.0 Å². The SMILES string of the molecule is Cc1cc(OCC(=O)O)c2c(C)c(Cc3ccc(Cl)cc3)c(=O)[nH]c2c1. The van der Waals surface area contributed by atoms with Gasteiger partial charge in [-0.2, -0.15) is 0 Å². The summed E-state index contributed by atoms with van der Waals surface area (Å²) in [6.45, 7) is 3.28. The molecule has 1 heterocycles. The van der Waals surface area contributed by atoms with Crippen LogP contribution in [-0.4, -0.2) is 22.7 Å². The number of H-pyrrole nitrogens is 1. The molecule has 6 heteroatoms. The zero-order valence-corrected chi connectivity index (χ0v) is 15.2. The molecule has 0 saturated heterocycles. The number of pyridine rings is 1. The molecule has 2 aromatic carbocycles. The van der Waals surface area contributed by atoms with Crippen molar-refractivity contribution in [2.75, 3.05) is 6.61 Å². The first-order chi connectivity index (χ1) is 12.3. The molecular formula is C20H18ClNO4. The summed E-state index contributed by atoms with van der Waals surface area (Å²) in [4.78, 5) is 26.4. The van der Waals surface area contributed by atoms with Crippen molar-refractivity contribution in [1.82, 2.24) is 4.98 Å². The normalized spacial score (nSPS) is 10.9. The topological polar surface area (TPSA) is 79.4 Å². The fraction of sp³-hybridized carbons (Fsp3) is 0.200. The van der Waals surface area contributed by atoms with Crippen molar-refractivity contribution in [3.63, 3.8) is 0 Å². The van der Waals surface area contributed by atoms with Crippen molar-refractivity contribution in [1.29, 1.82) is 0 Å². The maximum Gasteiger partial charge on any atom is 0.341 e. The number of carbonyl (C=O) groups is 1. The molecule has 0 aliphatic carbocycles. The number of rotatable bonds is 5. The number of hydrogen-bond acceptors (Lipinski definition) is 3. The summed E-state index contributed by atoms with van der Waals surface area (Å²) in [6, 6.07) is 11.0. The molecule has 0 fully saturated rings. The first-order valence-corrected chi connectivity index (χ1v) is 8.48.